The third-order valence-electron chi connectivity index (χ3n) is 20.1. The Morgan fingerprint density at radius 3 is 0.717 bits per heavy atom. The van der Waals surface area contributed by atoms with Gasteiger partial charge in [-0.3, -0.25) is 0 Å². The number of rotatable bonds is 8. The van der Waals surface area contributed by atoms with E-state index in [4.69, 9.17) is 0 Å². The van der Waals surface area contributed by atoms with E-state index in [2.05, 4.69) is 274 Å². The second kappa shape index (κ2) is 27.7. The van der Waals surface area contributed by atoms with Crippen LogP contribution in [0.3, 0.4) is 0 Å². The molecule has 0 amide bonds. The average molecular weight is 1320 g/mol. The molecule has 4 heteroatoms. The summed E-state index contributed by atoms with van der Waals surface area (Å²) in [5, 5.41) is 26.5. The molecule has 2 saturated carbocycles. The Labute approximate surface area is 571 Å². The molecule has 16 aromatic carbocycles. The van der Waals surface area contributed by atoms with Crippen LogP contribution in [-0.4, -0.2) is 6.88 Å². The van der Waals surface area contributed by atoms with E-state index >= 15 is 0 Å². The molecule has 0 saturated heterocycles. The molecule has 0 heterocycles. The molecule has 0 nitrogen and oxygen atoms in total. The van der Waals surface area contributed by atoms with Crippen molar-refractivity contribution in [1.29, 1.82) is 0 Å². The first-order valence-corrected chi connectivity index (χ1v) is 36.2. The van der Waals surface area contributed by atoms with Gasteiger partial charge in [0.05, 0.1) is 0 Å². The van der Waals surface area contributed by atoms with Crippen molar-refractivity contribution < 1.29 is 48.1 Å². The van der Waals surface area contributed by atoms with Gasteiger partial charge in [-0.15, -0.1) is 44.8 Å². The standard InChI is InChI=1S/2C43H33.2CH3.2ClH.Si.Zr/c2*1-2-12-28(11-1)23-29-24-40-38(42-34-17-7-3-13-30(34)26-31-14-4-8-18-35(31)42)21-22-39(41(40)25-29)43-36-19-9-5-15-32(36)27-33-16-6-10-20-37(33)43;;;;;;/h2*3-10,13-22,24-28H,1-2,11-12,23H2;2*1H3;2*1H;;/q4*-1;;;;/p-2. The van der Waals surface area contributed by atoms with Gasteiger partial charge in [-0.2, -0.15) is 12.1 Å². The molecular formula is C88H72Cl2SiZr-6. The van der Waals surface area contributed by atoms with E-state index in [1.807, 2.05) is 0 Å². The van der Waals surface area contributed by atoms with Gasteiger partial charge in [0.15, 0.2) is 0 Å². The summed E-state index contributed by atoms with van der Waals surface area (Å²) in [4.78, 5) is 0. The molecule has 16 aromatic rings. The summed E-state index contributed by atoms with van der Waals surface area (Å²) in [5.41, 5.74) is 13.8. The topological polar surface area (TPSA) is 0 Å². The number of hydrogen-bond donors (Lipinski definition) is 0. The second-order valence-corrected chi connectivity index (χ2v) is 25.2. The van der Waals surface area contributed by atoms with Gasteiger partial charge in [0.2, 0.25) is 0 Å². The molecular weight excluding hydrogens is 1250 g/mol. The van der Waals surface area contributed by atoms with Gasteiger partial charge in [-0.1, -0.05) is 292 Å². The second-order valence-electron chi connectivity index (χ2n) is 25.2. The fourth-order valence-corrected chi connectivity index (χ4v) is 16.1. The third-order valence-corrected chi connectivity index (χ3v) is 20.1. The zero-order chi connectivity index (χ0) is 58.7. The van der Waals surface area contributed by atoms with Crippen LogP contribution >= 0.6 is 0 Å². The largest absolute Gasteiger partial charge is 0.164 e. The van der Waals surface area contributed by atoms with Gasteiger partial charge in [0.1, 0.15) is 0 Å². The molecule has 92 heavy (non-hydrogen) atoms. The van der Waals surface area contributed by atoms with Crippen molar-refractivity contribution >= 4 is 115 Å². The minimum atomic E-state index is 0. The van der Waals surface area contributed by atoms with Crippen molar-refractivity contribution in [2.75, 3.05) is 0 Å². The van der Waals surface area contributed by atoms with Crippen molar-refractivity contribution in [3.05, 3.63) is 293 Å². The monoisotopic (exact) mass is 1320 g/mol. The third kappa shape index (κ3) is 11.6. The maximum Gasteiger partial charge on any atom is -0.0107 e. The Balaban J connectivity index is 0.000000166. The van der Waals surface area contributed by atoms with Crippen LogP contribution in [0.25, 0.3) is 152 Å². The molecule has 0 bridgehead atoms. The van der Waals surface area contributed by atoms with E-state index in [0.29, 0.717) is 0 Å². The van der Waals surface area contributed by atoms with E-state index in [9.17, 15) is 0 Å². The van der Waals surface area contributed by atoms with Crippen molar-refractivity contribution in [3.8, 4) is 44.5 Å². The first-order chi connectivity index (χ1) is 43.6. The van der Waals surface area contributed by atoms with Crippen LogP contribution in [0.2, 0.25) is 0 Å². The van der Waals surface area contributed by atoms with Crippen LogP contribution in [0, 0.1) is 26.7 Å². The molecule has 2 radical (unpaired) electrons. The fourth-order valence-electron chi connectivity index (χ4n) is 16.1. The summed E-state index contributed by atoms with van der Waals surface area (Å²) >= 11 is 1.36. The van der Waals surface area contributed by atoms with Gasteiger partial charge < -0.3 is 39.7 Å². The minimum absolute atomic E-state index is 0. The summed E-state index contributed by atoms with van der Waals surface area (Å²) in [6.07, 6.45) is 13.3. The normalized spacial score (nSPS) is 13.2. The molecule has 2 aliphatic carbocycles. The van der Waals surface area contributed by atoms with Crippen molar-refractivity contribution in [3.63, 3.8) is 0 Å². The van der Waals surface area contributed by atoms with Gasteiger partial charge in [-0.25, -0.2) is 0 Å². The van der Waals surface area contributed by atoms with E-state index in [0.717, 1.165) is 11.8 Å². The van der Waals surface area contributed by atoms with Gasteiger partial charge in [0.25, 0.3) is 0 Å². The van der Waals surface area contributed by atoms with E-state index in [-0.39, 0.29) is 39.7 Å². The van der Waals surface area contributed by atoms with E-state index in [1.165, 1.54) is 251 Å². The zero-order valence-electron chi connectivity index (χ0n) is 52.4. The summed E-state index contributed by atoms with van der Waals surface area (Å²) < 4.78 is 0. The molecule has 452 valence electrons. The first-order valence-electron chi connectivity index (χ1n) is 32.0. The molecule has 0 unspecified atom stereocenters. The quantitative estimate of drug-likeness (QED) is 0.0808. The van der Waals surface area contributed by atoms with Crippen molar-refractivity contribution in [2.45, 2.75) is 64.2 Å². The molecule has 2 fully saturated rings. The Morgan fingerprint density at radius 2 is 0.478 bits per heavy atom. The van der Waals surface area contributed by atoms with Crippen molar-refractivity contribution in [2.24, 2.45) is 11.8 Å². The molecule has 18 rings (SSSR count). The molecule has 0 atom stereocenters. The van der Waals surface area contributed by atoms with Crippen LogP contribution in [0.1, 0.15) is 62.5 Å². The van der Waals surface area contributed by atoms with E-state index in [1.54, 1.807) is 0 Å². The number of fused-ring (bicyclic) bond motifs is 10. The van der Waals surface area contributed by atoms with E-state index < -0.39 is 0 Å². The summed E-state index contributed by atoms with van der Waals surface area (Å²) in [7, 11) is 0. The predicted octanol–water partition coefficient (Wildman–Crippen LogP) is 19.0. The Hall–Kier alpha value is -7.94. The van der Waals surface area contributed by atoms with Crippen LogP contribution in [0.4, 0.5) is 0 Å². The summed E-state index contributed by atoms with van der Waals surface area (Å²) in [5.74, 6) is 1.61. The molecule has 0 N–H and O–H groups in total. The Bertz CT molecular complexity index is 4500. The smallest absolute Gasteiger partial charge is 0.0107 e. The number of halogens is 2. The number of hydrogen-bond acceptors (Lipinski definition) is 0. The summed E-state index contributed by atoms with van der Waals surface area (Å²) in [6.45, 7) is 3.06. The molecule has 0 aromatic heterocycles. The Morgan fingerprint density at radius 1 is 0.272 bits per heavy atom. The fraction of sp³-hybridized carbons (Fsp3) is 0.136. The maximum absolute atomic E-state index is 3.06. The maximum atomic E-state index is 3.06. The predicted molar refractivity (Wildman–Crippen MR) is 391 cm³/mol. The van der Waals surface area contributed by atoms with Gasteiger partial charge in [0, 0.05) is 0 Å². The van der Waals surface area contributed by atoms with Crippen LogP contribution in [0.5, 0.6) is 0 Å². The average Bonchev–Trinajstić information content (AvgIpc) is 1.30. The Kier molecular flexibility index (Phi) is 19.3. The SMILES string of the molecule is [CH3-].[CH3-].[Cl-].[Cl-].[Si]=[Zr].c1ccc2c(-c3ccc(-c4c5ccccc5cc5ccccc45)c4[cH-]c(CC5CCCC5)cc34)c3ccccc3cc2c1.c1ccc2c(-c3ccc(-c4c5ccccc5cc5ccccc45)c4[cH-]c(CC5CCCC5)cc34)c3ccccc3cc2c1. The summed E-state index contributed by atoms with van der Waals surface area (Å²) in [6, 6.07) is 100. The van der Waals surface area contributed by atoms with Crippen LogP contribution < -0.4 is 24.8 Å². The first kappa shape index (κ1) is 64.2. The minimum Gasteiger partial charge on any atom is -0.164 e. The van der Waals surface area contributed by atoms with Crippen LogP contribution in [0.15, 0.2) is 267 Å². The zero-order valence-corrected chi connectivity index (χ0v) is 57.4. The molecule has 0 aliphatic heterocycles. The molecule has 2 aliphatic rings. The molecule has 0 spiro atoms. The van der Waals surface area contributed by atoms with Crippen LogP contribution in [-0.2, 0) is 36.2 Å². The van der Waals surface area contributed by atoms with Crippen molar-refractivity contribution in [1.82, 2.24) is 0 Å². The number of benzene rings is 14. The van der Waals surface area contributed by atoms with Gasteiger partial charge >= 0.3 is 30.2 Å². The van der Waals surface area contributed by atoms with Gasteiger partial charge in [-0.05, 0) is 157 Å².